The number of esters is 1. The molecule has 1 aromatic heterocycles. The zero-order valence-electron chi connectivity index (χ0n) is 10.8. The lowest BCUT2D eigenvalue weighted by Crippen LogP contribution is -2.11. The minimum atomic E-state index is -0.381. The van der Waals surface area contributed by atoms with Gasteiger partial charge in [0.05, 0.1) is 13.2 Å². The van der Waals surface area contributed by atoms with Gasteiger partial charge in [0.2, 0.25) is 0 Å². The maximum absolute atomic E-state index is 11.0. The van der Waals surface area contributed by atoms with E-state index in [1.165, 1.54) is 14.0 Å². The molecule has 0 radical (unpaired) electrons. The van der Waals surface area contributed by atoms with Gasteiger partial charge in [-0.1, -0.05) is 6.07 Å². The van der Waals surface area contributed by atoms with Crippen molar-refractivity contribution in [3.63, 3.8) is 0 Å². The summed E-state index contributed by atoms with van der Waals surface area (Å²) in [5, 5.41) is 4.00. The summed E-state index contributed by atoms with van der Waals surface area (Å²) in [5.74, 6) is 0.517. The van der Waals surface area contributed by atoms with Crippen molar-refractivity contribution in [2.24, 2.45) is 5.73 Å². The lowest BCUT2D eigenvalue weighted by Gasteiger charge is -2.14. The molecule has 0 fully saturated rings. The maximum Gasteiger partial charge on any atom is 0.308 e. The summed E-state index contributed by atoms with van der Waals surface area (Å²) in [7, 11) is 1.53. The fraction of sp³-hybridized carbons (Fsp3) is 0.214. The van der Waals surface area contributed by atoms with Gasteiger partial charge in [0, 0.05) is 6.92 Å². The van der Waals surface area contributed by atoms with Crippen molar-refractivity contribution in [1.29, 1.82) is 0 Å². The molecule has 1 atom stereocenters. The second-order valence-electron chi connectivity index (χ2n) is 4.04. The number of carbonyl (C=O) groups excluding carboxylic acids is 1. The fourth-order valence-electron chi connectivity index (χ4n) is 1.76. The van der Waals surface area contributed by atoms with Gasteiger partial charge in [0.1, 0.15) is 0 Å². The summed E-state index contributed by atoms with van der Waals surface area (Å²) in [6.45, 7) is 1.35. The number of carbonyl (C=O) groups is 1. The summed E-state index contributed by atoms with van der Waals surface area (Å²) in [6.07, 6.45) is 0. The smallest absolute Gasteiger partial charge is 0.308 e. The number of hydrogen-bond acceptors (Lipinski definition) is 5. The van der Waals surface area contributed by atoms with E-state index in [1.807, 2.05) is 22.9 Å². The third-order valence-corrected chi connectivity index (χ3v) is 3.40. The minimum Gasteiger partial charge on any atom is -0.493 e. The average molecular weight is 277 g/mol. The van der Waals surface area contributed by atoms with Crippen LogP contribution in [0, 0.1) is 0 Å². The van der Waals surface area contributed by atoms with Crippen LogP contribution in [0.4, 0.5) is 0 Å². The fourth-order valence-corrected chi connectivity index (χ4v) is 2.46. The number of methoxy groups -OCH3 is 1. The summed E-state index contributed by atoms with van der Waals surface area (Å²) >= 11 is 1.60. The van der Waals surface area contributed by atoms with Gasteiger partial charge < -0.3 is 15.2 Å². The lowest BCUT2D eigenvalue weighted by molar-refractivity contribution is -0.132. The Morgan fingerprint density at radius 1 is 1.26 bits per heavy atom. The van der Waals surface area contributed by atoms with Crippen LogP contribution in [0.1, 0.15) is 24.1 Å². The van der Waals surface area contributed by atoms with Gasteiger partial charge >= 0.3 is 5.97 Å². The van der Waals surface area contributed by atoms with Crippen LogP contribution in [-0.2, 0) is 4.79 Å². The van der Waals surface area contributed by atoms with Gasteiger partial charge in [0.25, 0.3) is 0 Å². The minimum absolute atomic E-state index is 0.216. The Bertz CT molecular complexity index is 566. The standard InChI is InChI=1S/C14H15NO3S/c1-9(16)18-12-4-3-10(7-13(12)17-2)14(15)11-5-6-19-8-11/h3-8,14H,15H2,1-2H3/t14-/m1/s1. The highest BCUT2D eigenvalue weighted by molar-refractivity contribution is 7.08. The highest BCUT2D eigenvalue weighted by atomic mass is 32.1. The molecule has 0 bridgehead atoms. The number of nitrogens with two attached hydrogens (primary N) is 1. The molecule has 4 nitrogen and oxygen atoms in total. The Morgan fingerprint density at radius 3 is 2.63 bits per heavy atom. The molecule has 0 spiro atoms. The van der Waals surface area contributed by atoms with Crippen LogP contribution in [0.2, 0.25) is 0 Å². The van der Waals surface area contributed by atoms with E-state index in [9.17, 15) is 4.79 Å². The normalized spacial score (nSPS) is 11.9. The van der Waals surface area contributed by atoms with Crippen molar-refractivity contribution in [2.75, 3.05) is 7.11 Å². The van der Waals surface area contributed by atoms with Gasteiger partial charge in [-0.25, -0.2) is 0 Å². The third-order valence-electron chi connectivity index (χ3n) is 2.70. The van der Waals surface area contributed by atoms with Crippen molar-refractivity contribution >= 4 is 17.3 Å². The Labute approximate surface area is 115 Å². The topological polar surface area (TPSA) is 61.6 Å². The van der Waals surface area contributed by atoms with Crippen LogP contribution in [-0.4, -0.2) is 13.1 Å². The van der Waals surface area contributed by atoms with E-state index in [1.54, 1.807) is 23.5 Å². The first-order valence-corrected chi connectivity index (χ1v) is 6.70. The second-order valence-corrected chi connectivity index (χ2v) is 4.82. The van der Waals surface area contributed by atoms with Crippen LogP contribution in [0.15, 0.2) is 35.0 Å². The predicted molar refractivity (Wildman–Crippen MR) is 74.7 cm³/mol. The second kappa shape index (κ2) is 5.86. The van der Waals surface area contributed by atoms with E-state index in [2.05, 4.69) is 0 Å². The first-order valence-electron chi connectivity index (χ1n) is 5.76. The molecular weight excluding hydrogens is 262 g/mol. The number of thiophene rings is 1. The first-order chi connectivity index (χ1) is 9.11. The van der Waals surface area contributed by atoms with Crippen molar-refractivity contribution < 1.29 is 14.3 Å². The molecule has 1 aromatic carbocycles. The maximum atomic E-state index is 11.0. The molecule has 0 aliphatic heterocycles. The van der Waals surface area contributed by atoms with Crippen LogP contribution in [0.3, 0.4) is 0 Å². The Balaban J connectivity index is 2.31. The molecule has 0 unspecified atom stereocenters. The quantitative estimate of drug-likeness (QED) is 0.689. The molecule has 0 saturated heterocycles. The summed E-state index contributed by atoms with van der Waals surface area (Å²) in [5.41, 5.74) is 8.14. The molecule has 5 heteroatoms. The van der Waals surface area contributed by atoms with Crippen LogP contribution in [0.5, 0.6) is 11.5 Å². The van der Waals surface area contributed by atoms with Crippen molar-refractivity contribution in [3.05, 3.63) is 46.2 Å². The Kier molecular flexibility index (Phi) is 4.19. The van der Waals surface area contributed by atoms with Gasteiger partial charge in [-0.15, -0.1) is 0 Å². The molecule has 0 saturated carbocycles. The van der Waals surface area contributed by atoms with E-state index < -0.39 is 0 Å². The van der Waals surface area contributed by atoms with Crippen LogP contribution < -0.4 is 15.2 Å². The predicted octanol–water partition coefficient (Wildman–Crippen LogP) is 2.73. The Morgan fingerprint density at radius 2 is 2.05 bits per heavy atom. The molecule has 2 aromatic rings. The zero-order valence-corrected chi connectivity index (χ0v) is 11.6. The zero-order chi connectivity index (χ0) is 13.8. The van der Waals surface area contributed by atoms with Crippen molar-refractivity contribution in [1.82, 2.24) is 0 Å². The number of benzene rings is 1. The summed E-state index contributed by atoms with van der Waals surface area (Å²) in [4.78, 5) is 11.0. The SMILES string of the molecule is COc1cc([C@@H](N)c2ccsc2)ccc1OC(C)=O. The van der Waals surface area contributed by atoms with Crippen LogP contribution in [0.25, 0.3) is 0 Å². The molecule has 100 valence electrons. The molecule has 2 N–H and O–H groups in total. The van der Waals surface area contributed by atoms with Gasteiger partial charge in [-0.2, -0.15) is 11.3 Å². The highest BCUT2D eigenvalue weighted by Gasteiger charge is 2.14. The molecule has 0 aliphatic carbocycles. The lowest BCUT2D eigenvalue weighted by atomic mass is 10.0. The highest BCUT2D eigenvalue weighted by Crippen LogP contribution is 2.32. The van der Waals surface area contributed by atoms with E-state index in [-0.39, 0.29) is 12.0 Å². The molecule has 1 heterocycles. The van der Waals surface area contributed by atoms with E-state index >= 15 is 0 Å². The Hall–Kier alpha value is -1.85. The van der Waals surface area contributed by atoms with Crippen molar-refractivity contribution in [2.45, 2.75) is 13.0 Å². The third kappa shape index (κ3) is 3.13. The molecule has 0 amide bonds. The van der Waals surface area contributed by atoms with E-state index in [0.717, 1.165) is 11.1 Å². The average Bonchev–Trinajstić information content (AvgIpc) is 2.91. The van der Waals surface area contributed by atoms with E-state index in [4.69, 9.17) is 15.2 Å². The molecule has 19 heavy (non-hydrogen) atoms. The summed E-state index contributed by atoms with van der Waals surface area (Å²) < 4.78 is 10.3. The van der Waals surface area contributed by atoms with Gasteiger partial charge in [-0.3, -0.25) is 4.79 Å². The molecular formula is C14H15NO3S. The van der Waals surface area contributed by atoms with Gasteiger partial charge in [0.15, 0.2) is 11.5 Å². The number of rotatable bonds is 4. The van der Waals surface area contributed by atoms with E-state index in [0.29, 0.717) is 11.5 Å². The van der Waals surface area contributed by atoms with Crippen molar-refractivity contribution in [3.8, 4) is 11.5 Å². The first kappa shape index (κ1) is 13.6. The number of ether oxygens (including phenoxy) is 2. The van der Waals surface area contributed by atoms with Crippen LogP contribution >= 0.6 is 11.3 Å². The van der Waals surface area contributed by atoms with Gasteiger partial charge in [-0.05, 0) is 40.1 Å². The monoisotopic (exact) mass is 277 g/mol. The largest absolute Gasteiger partial charge is 0.493 e. The molecule has 2 rings (SSSR count). The molecule has 0 aliphatic rings. The number of hydrogen-bond donors (Lipinski definition) is 1. The summed E-state index contributed by atoms with van der Waals surface area (Å²) in [6, 6.07) is 7.10.